The van der Waals surface area contributed by atoms with Crippen LogP contribution in [0.5, 0.6) is 0 Å². The number of fused-ring (bicyclic) bond motifs is 1. The van der Waals surface area contributed by atoms with Gasteiger partial charge in [-0.1, -0.05) is 31.6 Å². The molecule has 1 aromatic heterocycles. The molecule has 2 aliphatic rings. The molecule has 0 N–H and O–H groups in total. The van der Waals surface area contributed by atoms with Gasteiger partial charge in [-0.25, -0.2) is 0 Å². The van der Waals surface area contributed by atoms with Gasteiger partial charge in [-0.2, -0.15) is 0 Å². The van der Waals surface area contributed by atoms with Crippen LogP contribution in [-0.2, 0) is 24.2 Å². The van der Waals surface area contributed by atoms with Crippen molar-refractivity contribution in [1.29, 1.82) is 0 Å². The molecule has 5 heteroatoms. The van der Waals surface area contributed by atoms with E-state index in [4.69, 9.17) is 0 Å². The molecule has 122 valence electrons. The number of amides is 1. The predicted molar refractivity (Wildman–Crippen MR) is 89.4 cm³/mol. The number of rotatable bonds is 5. The lowest BCUT2D eigenvalue weighted by Gasteiger charge is -2.25. The highest BCUT2D eigenvalue weighted by molar-refractivity contribution is 7.09. The molecule has 2 aliphatic carbocycles. The fraction of sp³-hybridized carbons (Fsp3) is 0.765. The van der Waals surface area contributed by atoms with Gasteiger partial charge in [0.15, 0.2) is 0 Å². The van der Waals surface area contributed by atoms with E-state index in [0.29, 0.717) is 12.0 Å². The van der Waals surface area contributed by atoms with Gasteiger partial charge in [-0.15, -0.1) is 0 Å². The second-order valence-corrected chi connectivity index (χ2v) is 8.10. The van der Waals surface area contributed by atoms with E-state index in [2.05, 4.69) is 13.8 Å². The molecule has 0 radical (unpaired) electrons. The van der Waals surface area contributed by atoms with Crippen molar-refractivity contribution < 1.29 is 4.79 Å². The summed E-state index contributed by atoms with van der Waals surface area (Å²) in [7, 11) is 0. The molecule has 0 spiro atoms. The third kappa shape index (κ3) is 3.45. The van der Waals surface area contributed by atoms with E-state index in [1.807, 2.05) is 4.90 Å². The number of carbonyl (C=O) groups is 1. The smallest absolute Gasteiger partial charge is 0.308 e. The monoisotopic (exact) mass is 322 g/mol. The summed E-state index contributed by atoms with van der Waals surface area (Å²) in [6, 6.07) is 0.419. The molecular weight excluding hydrogens is 296 g/mol. The quantitative estimate of drug-likeness (QED) is 0.782. The van der Waals surface area contributed by atoms with Crippen molar-refractivity contribution in [2.45, 2.75) is 71.4 Å². The van der Waals surface area contributed by atoms with Crippen LogP contribution in [0, 0.1) is 5.92 Å². The van der Waals surface area contributed by atoms with E-state index in [1.54, 1.807) is 4.57 Å². The van der Waals surface area contributed by atoms with Gasteiger partial charge in [0.05, 0.1) is 0 Å². The highest BCUT2D eigenvalue weighted by Crippen LogP contribution is 2.28. The minimum absolute atomic E-state index is 0.0561. The van der Waals surface area contributed by atoms with Crippen molar-refractivity contribution in [2.24, 2.45) is 5.92 Å². The van der Waals surface area contributed by atoms with Crippen molar-refractivity contribution in [3.8, 4) is 0 Å². The Morgan fingerprint density at radius 2 is 2.00 bits per heavy atom. The average Bonchev–Trinajstić information content (AvgIpc) is 3.27. The summed E-state index contributed by atoms with van der Waals surface area (Å²) >= 11 is 1.36. The van der Waals surface area contributed by atoms with Gasteiger partial charge in [-0.3, -0.25) is 14.2 Å². The Morgan fingerprint density at radius 1 is 1.27 bits per heavy atom. The number of aromatic nitrogens is 1. The molecule has 1 aromatic rings. The van der Waals surface area contributed by atoms with E-state index in [9.17, 15) is 9.59 Å². The molecule has 1 saturated carbocycles. The fourth-order valence-corrected chi connectivity index (χ4v) is 4.40. The molecule has 0 aromatic carbocycles. The predicted octanol–water partition coefficient (Wildman–Crippen LogP) is 2.83. The number of hydrogen-bond acceptors (Lipinski definition) is 3. The first-order valence-corrected chi connectivity index (χ1v) is 9.38. The van der Waals surface area contributed by atoms with E-state index in [0.717, 1.165) is 44.3 Å². The van der Waals surface area contributed by atoms with Crippen molar-refractivity contribution in [2.75, 3.05) is 6.54 Å². The average molecular weight is 322 g/mol. The van der Waals surface area contributed by atoms with Gasteiger partial charge in [0, 0.05) is 23.2 Å². The van der Waals surface area contributed by atoms with Crippen LogP contribution in [0.3, 0.4) is 0 Å². The van der Waals surface area contributed by atoms with Crippen LogP contribution in [0.15, 0.2) is 4.79 Å². The Hall–Kier alpha value is -1.10. The van der Waals surface area contributed by atoms with Crippen LogP contribution in [0.4, 0.5) is 0 Å². The molecule has 22 heavy (non-hydrogen) atoms. The van der Waals surface area contributed by atoms with E-state index in [1.165, 1.54) is 29.1 Å². The lowest BCUT2D eigenvalue weighted by atomic mass is 10.2. The first-order valence-electron chi connectivity index (χ1n) is 8.57. The topological polar surface area (TPSA) is 42.3 Å². The van der Waals surface area contributed by atoms with Gasteiger partial charge in [-0.05, 0) is 44.4 Å². The Morgan fingerprint density at radius 3 is 2.68 bits per heavy atom. The minimum atomic E-state index is 0.0561. The van der Waals surface area contributed by atoms with Gasteiger partial charge in [0.1, 0.15) is 6.54 Å². The third-order valence-corrected chi connectivity index (χ3v) is 5.64. The summed E-state index contributed by atoms with van der Waals surface area (Å²) in [6.45, 7) is 5.34. The molecule has 0 unspecified atom stereocenters. The maximum atomic E-state index is 12.7. The molecule has 4 nitrogen and oxygen atoms in total. The summed E-state index contributed by atoms with van der Waals surface area (Å²) in [6.07, 6.45) is 7.73. The first kappa shape index (κ1) is 15.8. The minimum Gasteiger partial charge on any atom is -0.338 e. The summed E-state index contributed by atoms with van der Waals surface area (Å²) in [5.41, 5.74) is 1.14. The largest absolute Gasteiger partial charge is 0.338 e. The summed E-state index contributed by atoms with van der Waals surface area (Å²) < 4.78 is 1.77. The van der Waals surface area contributed by atoms with Gasteiger partial charge in [0.25, 0.3) is 0 Å². The Bertz CT molecular complexity index is 598. The van der Waals surface area contributed by atoms with Crippen molar-refractivity contribution in [1.82, 2.24) is 9.47 Å². The molecule has 0 aliphatic heterocycles. The van der Waals surface area contributed by atoms with Gasteiger partial charge >= 0.3 is 4.87 Å². The number of thiazole rings is 1. The van der Waals surface area contributed by atoms with Crippen LogP contribution in [0.1, 0.15) is 56.5 Å². The normalized spacial score (nSPS) is 18.1. The zero-order valence-corrected chi connectivity index (χ0v) is 14.5. The van der Waals surface area contributed by atoms with Gasteiger partial charge in [0.2, 0.25) is 5.91 Å². The zero-order chi connectivity index (χ0) is 15.7. The van der Waals surface area contributed by atoms with E-state index in [-0.39, 0.29) is 17.3 Å². The number of hydrogen-bond donors (Lipinski definition) is 0. The van der Waals surface area contributed by atoms with E-state index < -0.39 is 0 Å². The fourth-order valence-electron chi connectivity index (χ4n) is 3.32. The maximum Gasteiger partial charge on any atom is 0.308 e. The van der Waals surface area contributed by atoms with Crippen LogP contribution in [0.2, 0.25) is 0 Å². The van der Waals surface area contributed by atoms with Crippen molar-refractivity contribution in [3.63, 3.8) is 0 Å². The molecule has 0 atom stereocenters. The van der Waals surface area contributed by atoms with E-state index >= 15 is 0 Å². The van der Waals surface area contributed by atoms with Crippen LogP contribution in [-0.4, -0.2) is 28.0 Å². The first-order chi connectivity index (χ1) is 10.6. The lowest BCUT2D eigenvalue weighted by Crippen LogP contribution is -2.39. The summed E-state index contributed by atoms with van der Waals surface area (Å²) in [5.74, 6) is 0.601. The summed E-state index contributed by atoms with van der Waals surface area (Å²) in [5, 5.41) is 0. The number of carbonyl (C=O) groups excluding carboxylic acids is 1. The Balaban J connectivity index is 1.78. The van der Waals surface area contributed by atoms with Crippen LogP contribution >= 0.6 is 11.3 Å². The molecule has 3 rings (SSSR count). The molecule has 1 fully saturated rings. The van der Waals surface area contributed by atoms with Crippen LogP contribution in [0.25, 0.3) is 0 Å². The number of aryl methyl sites for hydroxylation is 1. The van der Waals surface area contributed by atoms with Crippen LogP contribution < -0.4 is 4.87 Å². The molecule has 0 saturated heterocycles. The van der Waals surface area contributed by atoms with Gasteiger partial charge < -0.3 is 4.90 Å². The lowest BCUT2D eigenvalue weighted by molar-refractivity contribution is -0.133. The van der Waals surface area contributed by atoms with Crippen molar-refractivity contribution in [3.05, 3.63) is 20.2 Å². The Labute approximate surface area is 136 Å². The Kier molecular flexibility index (Phi) is 4.71. The standard InChI is InChI=1S/C17H26N2O2S/c1-12(2)10-18(13-8-9-13)16(20)11-19-14-6-4-3-5-7-15(14)22-17(19)21/h12-13H,3-11H2,1-2H3. The molecule has 1 amide bonds. The second-order valence-electron chi connectivity index (χ2n) is 7.06. The second kappa shape index (κ2) is 6.57. The molecule has 1 heterocycles. The summed E-state index contributed by atoms with van der Waals surface area (Å²) in [4.78, 5) is 28.3. The zero-order valence-electron chi connectivity index (χ0n) is 13.6. The third-order valence-electron chi connectivity index (χ3n) is 4.56. The molecular formula is C17H26N2O2S. The molecule has 0 bridgehead atoms. The SMILES string of the molecule is CC(C)CN(C(=O)Cn1c2c(sc1=O)CCCCC2)C1CC1. The highest BCUT2D eigenvalue weighted by Gasteiger charge is 2.33. The number of nitrogens with zero attached hydrogens (tertiary/aromatic N) is 2. The van der Waals surface area contributed by atoms with Crippen molar-refractivity contribution >= 4 is 17.2 Å². The maximum absolute atomic E-state index is 12.7. The highest BCUT2D eigenvalue weighted by atomic mass is 32.1.